The van der Waals surface area contributed by atoms with Crippen molar-refractivity contribution in [3.63, 3.8) is 0 Å². The third-order valence-electron chi connectivity index (χ3n) is 3.79. The number of carbonyl (C=O) groups excluding carboxylic acids is 1. The van der Waals surface area contributed by atoms with E-state index in [-0.39, 0.29) is 12.3 Å². The number of rotatable bonds is 6. The van der Waals surface area contributed by atoms with Gasteiger partial charge in [-0.1, -0.05) is 60.7 Å². The second-order valence-corrected chi connectivity index (χ2v) is 7.18. The van der Waals surface area contributed by atoms with Gasteiger partial charge in [-0.05, 0) is 24.2 Å². The van der Waals surface area contributed by atoms with E-state index in [0.29, 0.717) is 11.7 Å². The maximum atomic E-state index is 12.1. The van der Waals surface area contributed by atoms with Crippen LogP contribution < -0.4 is 16.2 Å². The highest BCUT2D eigenvalue weighted by Gasteiger charge is 2.09. The second-order valence-electron chi connectivity index (χ2n) is 5.83. The number of benzene rings is 2. The van der Waals surface area contributed by atoms with Gasteiger partial charge in [0.05, 0.1) is 12.1 Å². The third kappa shape index (κ3) is 6.16. The van der Waals surface area contributed by atoms with Crippen LogP contribution in [0, 0.1) is 0 Å². The number of carbonyl (C=O) groups is 1. The molecule has 0 aliphatic rings. The van der Waals surface area contributed by atoms with E-state index >= 15 is 0 Å². The van der Waals surface area contributed by atoms with Crippen LogP contribution in [0.3, 0.4) is 0 Å². The molecule has 0 fully saturated rings. The van der Waals surface area contributed by atoms with Crippen LogP contribution in [0.2, 0.25) is 0 Å². The molecule has 0 radical (unpaired) electrons. The van der Waals surface area contributed by atoms with Crippen molar-refractivity contribution >= 4 is 34.6 Å². The number of nitrogens with zero attached hydrogens (tertiary/aromatic N) is 1. The molecule has 3 N–H and O–H groups in total. The first-order valence-electron chi connectivity index (χ1n) is 8.57. The fourth-order valence-electron chi connectivity index (χ4n) is 2.45. The number of thiazole rings is 1. The lowest BCUT2D eigenvalue weighted by Gasteiger charge is -2.11. The Morgan fingerprint density at radius 2 is 1.70 bits per heavy atom. The Morgan fingerprint density at radius 1 is 1.00 bits per heavy atom. The van der Waals surface area contributed by atoms with Gasteiger partial charge in [0, 0.05) is 17.5 Å². The molecule has 1 amide bonds. The molecule has 0 spiro atoms. The molecule has 3 rings (SSSR count). The molecule has 1 aromatic heterocycles. The Labute approximate surface area is 167 Å². The van der Waals surface area contributed by atoms with Crippen molar-refractivity contribution in [3.05, 3.63) is 76.6 Å². The molecular formula is C20H20N4OS2. The van der Waals surface area contributed by atoms with Crippen LogP contribution in [0.5, 0.6) is 0 Å². The van der Waals surface area contributed by atoms with Crippen LogP contribution in [0.25, 0.3) is 11.3 Å². The van der Waals surface area contributed by atoms with Crippen molar-refractivity contribution in [1.29, 1.82) is 0 Å². The van der Waals surface area contributed by atoms with Gasteiger partial charge in [0.1, 0.15) is 5.01 Å². The molecular weight excluding hydrogens is 376 g/mol. The van der Waals surface area contributed by atoms with Crippen molar-refractivity contribution in [2.24, 2.45) is 0 Å². The lowest BCUT2D eigenvalue weighted by molar-refractivity contribution is -0.121. The minimum Gasteiger partial charge on any atom is -0.361 e. The standard InChI is InChI=1S/C20H20N4OS2/c25-18(13-19-22-17(14-27-19)16-9-5-2-6-10-16)23-24-20(26)21-12-11-15-7-3-1-4-8-15/h1-10,14H,11-13H2,(H,23,25)(H2,21,24,26). The average molecular weight is 397 g/mol. The van der Waals surface area contributed by atoms with Crippen molar-refractivity contribution in [2.45, 2.75) is 12.8 Å². The Morgan fingerprint density at radius 3 is 2.44 bits per heavy atom. The van der Waals surface area contributed by atoms with E-state index < -0.39 is 0 Å². The van der Waals surface area contributed by atoms with Gasteiger partial charge in [0.15, 0.2) is 5.11 Å². The summed E-state index contributed by atoms with van der Waals surface area (Å²) in [5, 5.41) is 6.18. The van der Waals surface area contributed by atoms with Gasteiger partial charge in [0.2, 0.25) is 5.91 Å². The monoisotopic (exact) mass is 396 g/mol. The van der Waals surface area contributed by atoms with Gasteiger partial charge in [-0.3, -0.25) is 15.6 Å². The topological polar surface area (TPSA) is 66.0 Å². The Kier molecular flexibility index (Phi) is 6.90. The maximum absolute atomic E-state index is 12.1. The van der Waals surface area contributed by atoms with Gasteiger partial charge >= 0.3 is 0 Å². The minimum absolute atomic E-state index is 0.184. The number of hydrogen-bond acceptors (Lipinski definition) is 4. The number of hydrazine groups is 1. The fraction of sp³-hybridized carbons (Fsp3) is 0.150. The summed E-state index contributed by atoms with van der Waals surface area (Å²) >= 11 is 6.64. The molecule has 0 bridgehead atoms. The first-order valence-corrected chi connectivity index (χ1v) is 9.86. The van der Waals surface area contributed by atoms with Crippen LogP contribution >= 0.6 is 23.6 Å². The summed E-state index contributed by atoms with van der Waals surface area (Å²) in [6.45, 7) is 0.693. The van der Waals surface area contributed by atoms with Crippen LogP contribution in [0.4, 0.5) is 0 Å². The number of nitrogens with one attached hydrogen (secondary N) is 3. The number of aromatic nitrogens is 1. The summed E-state index contributed by atoms with van der Waals surface area (Å²) in [5.74, 6) is -0.184. The van der Waals surface area contributed by atoms with Gasteiger partial charge in [0.25, 0.3) is 0 Å². The highest BCUT2D eigenvalue weighted by molar-refractivity contribution is 7.80. The van der Waals surface area contributed by atoms with Crippen LogP contribution in [0.1, 0.15) is 10.6 Å². The van der Waals surface area contributed by atoms with Crippen LogP contribution in [0.15, 0.2) is 66.0 Å². The number of hydrogen-bond donors (Lipinski definition) is 3. The maximum Gasteiger partial charge on any atom is 0.245 e. The first-order chi connectivity index (χ1) is 13.2. The lowest BCUT2D eigenvalue weighted by atomic mass is 10.1. The predicted octanol–water partition coefficient (Wildman–Crippen LogP) is 3.09. The van der Waals surface area contributed by atoms with E-state index in [4.69, 9.17) is 12.2 Å². The van der Waals surface area contributed by atoms with Crippen molar-refractivity contribution in [2.75, 3.05) is 6.54 Å². The Bertz CT molecular complexity index is 881. The van der Waals surface area contributed by atoms with Crippen LogP contribution in [-0.2, 0) is 17.6 Å². The molecule has 0 saturated heterocycles. The van der Waals surface area contributed by atoms with Gasteiger partial charge in [-0.15, -0.1) is 11.3 Å². The number of thiocarbonyl (C=S) groups is 1. The first kappa shape index (κ1) is 19.0. The minimum atomic E-state index is -0.184. The van der Waals surface area contributed by atoms with Crippen molar-refractivity contribution in [1.82, 2.24) is 21.2 Å². The highest BCUT2D eigenvalue weighted by atomic mass is 32.1. The zero-order chi connectivity index (χ0) is 18.9. The normalized spacial score (nSPS) is 10.2. The molecule has 3 aromatic rings. The average Bonchev–Trinajstić information content (AvgIpc) is 3.16. The molecule has 1 heterocycles. The molecule has 0 aliphatic heterocycles. The Balaban J connectivity index is 1.38. The van der Waals surface area contributed by atoms with E-state index in [2.05, 4.69) is 33.3 Å². The summed E-state index contributed by atoms with van der Waals surface area (Å²) in [4.78, 5) is 16.6. The smallest absolute Gasteiger partial charge is 0.245 e. The summed E-state index contributed by atoms with van der Waals surface area (Å²) in [6.07, 6.45) is 1.06. The molecule has 2 aromatic carbocycles. The molecule has 0 aliphatic carbocycles. The zero-order valence-corrected chi connectivity index (χ0v) is 16.3. The number of amides is 1. The van der Waals surface area contributed by atoms with E-state index in [0.717, 1.165) is 22.7 Å². The van der Waals surface area contributed by atoms with Crippen LogP contribution in [-0.4, -0.2) is 22.5 Å². The highest BCUT2D eigenvalue weighted by Crippen LogP contribution is 2.21. The van der Waals surface area contributed by atoms with Gasteiger partial charge in [-0.25, -0.2) is 4.98 Å². The summed E-state index contributed by atoms with van der Waals surface area (Å²) in [7, 11) is 0. The molecule has 0 saturated carbocycles. The molecule has 138 valence electrons. The van der Waals surface area contributed by atoms with E-state index in [9.17, 15) is 4.79 Å². The van der Waals surface area contributed by atoms with Crippen molar-refractivity contribution in [3.8, 4) is 11.3 Å². The zero-order valence-electron chi connectivity index (χ0n) is 14.6. The van der Waals surface area contributed by atoms with E-state index in [1.807, 2.05) is 53.9 Å². The van der Waals surface area contributed by atoms with Crippen molar-refractivity contribution < 1.29 is 4.79 Å². The second kappa shape index (κ2) is 9.80. The molecule has 0 unspecified atom stereocenters. The summed E-state index contributed by atoms with van der Waals surface area (Å²) in [5.41, 5.74) is 8.49. The van der Waals surface area contributed by atoms with E-state index in [1.54, 1.807) is 0 Å². The molecule has 5 nitrogen and oxygen atoms in total. The third-order valence-corrected chi connectivity index (χ3v) is 4.89. The lowest BCUT2D eigenvalue weighted by Crippen LogP contribution is -2.47. The SMILES string of the molecule is O=C(Cc1nc(-c2ccccc2)cs1)NNC(=S)NCCc1ccccc1. The quantitative estimate of drug-likeness (QED) is 0.441. The molecule has 27 heavy (non-hydrogen) atoms. The van der Waals surface area contributed by atoms with Gasteiger partial charge in [-0.2, -0.15) is 0 Å². The Hall–Kier alpha value is -2.77. The summed E-state index contributed by atoms with van der Waals surface area (Å²) < 4.78 is 0. The largest absolute Gasteiger partial charge is 0.361 e. The van der Waals surface area contributed by atoms with E-state index in [1.165, 1.54) is 16.9 Å². The summed E-state index contributed by atoms with van der Waals surface area (Å²) in [6, 6.07) is 20.0. The molecule has 0 atom stereocenters. The fourth-order valence-corrected chi connectivity index (χ4v) is 3.41. The van der Waals surface area contributed by atoms with Gasteiger partial charge < -0.3 is 5.32 Å². The predicted molar refractivity (Wildman–Crippen MR) is 113 cm³/mol. The molecule has 7 heteroatoms.